The predicted octanol–water partition coefficient (Wildman–Crippen LogP) is 2.76. The zero-order valence-corrected chi connectivity index (χ0v) is 15.8. The quantitative estimate of drug-likeness (QED) is 0.596. The van der Waals surface area contributed by atoms with Gasteiger partial charge in [-0.3, -0.25) is 14.9 Å². The van der Waals surface area contributed by atoms with E-state index in [4.69, 9.17) is 4.74 Å². The molecule has 0 atom stereocenters. The molecule has 0 radical (unpaired) electrons. The lowest BCUT2D eigenvalue weighted by molar-refractivity contribution is -0.122. The number of hydrogen-bond acceptors (Lipinski definition) is 5. The van der Waals surface area contributed by atoms with E-state index >= 15 is 0 Å². The first-order chi connectivity index (χ1) is 13.8. The first kappa shape index (κ1) is 19.8. The number of nitrogens with one attached hydrogen (secondary N) is 1. The summed E-state index contributed by atoms with van der Waals surface area (Å²) >= 11 is 0. The van der Waals surface area contributed by atoms with Gasteiger partial charge in [-0.05, 0) is 49.8 Å². The Balaban J connectivity index is 2.11. The summed E-state index contributed by atoms with van der Waals surface area (Å²) in [4.78, 5) is 49.9. The molecule has 2 aromatic carbocycles. The largest absolute Gasteiger partial charge is 0.493 e. The third-order valence-corrected chi connectivity index (χ3v) is 4.31. The highest BCUT2D eigenvalue weighted by atomic mass is 16.5. The molecule has 1 aliphatic rings. The average Bonchev–Trinajstić information content (AvgIpc) is 2.67. The molecule has 0 unspecified atom stereocenters. The van der Waals surface area contributed by atoms with Gasteiger partial charge in [0.15, 0.2) is 0 Å². The van der Waals surface area contributed by atoms with Gasteiger partial charge in [0, 0.05) is 5.56 Å². The summed E-state index contributed by atoms with van der Waals surface area (Å²) in [6, 6.07) is 10.0. The third kappa shape index (κ3) is 3.86. The highest BCUT2D eigenvalue weighted by Crippen LogP contribution is 2.28. The Hall–Kier alpha value is -3.94. The number of barbiturate groups is 1. The molecule has 0 bridgehead atoms. The molecule has 29 heavy (non-hydrogen) atoms. The van der Waals surface area contributed by atoms with E-state index in [1.807, 2.05) is 0 Å². The number of aryl methyl sites for hydroxylation is 1. The van der Waals surface area contributed by atoms with Crippen LogP contribution in [0.25, 0.3) is 6.08 Å². The Kier molecular flexibility index (Phi) is 5.45. The number of ether oxygens (including phenoxy) is 1. The van der Waals surface area contributed by atoms with Gasteiger partial charge < -0.3 is 9.84 Å². The first-order valence-corrected chi connectivity index (χ1v) is 8.80. The molecule has 0 spiro atoms. The number of imide groups is 2. The summed E-state index contributed by atoms with van der Waals surface area (Å²) in [7, 11) is 0. The van der Waals surface area contributed by atoms with Crippen molar-refractivity contribution in [1.82, 2.24) is 5.32 Å². The number of benzene rings is 2. The molecule has 3 rings (SSSR count). The van der Waals surface area contributed by atoms with Crippen LogP contribution in [0.4, 0.5) is 10.5 Å². The molecular weight excluding hydrogens is 376 g/mol. The Morgan fingerprint density at radius 3 is 2.55 bits per heavy atom. The molecule has 148 valence electrons. The number of hydrogen-bond donors (Lipinski definition) is 2. The Morgan fingerprint density at radius 1 is 1.17 bits per heavy atom. The van der Waals surface area contributed by atoms with Gasteiger partial charge in [-0.25, -0.2) is 14.5 Å². The summed E-state index contributed by atoms with van der Waals surface area (Å²) in [6.45, 7) is 3.79. The number of para-hydroxylation sites is 1. The number of carboxylic acids is 1. The van der Waals surface area contributed by atoms with Crippen molar-refractivity contribution < 1.29 is 29.0 Å². The molecule has 1 fully saturated rings. The topological polar surface area (TPSA) is 113 Å². The number of carboxylic acid groups (broad SMARTS) is 1. The van der Waals surface area contributed by atoms with Gasteiger partial charge in [0.05, 0.1) is 17.9 Å². The van der Waals surface area contributed by atoms with Crippen LogP contribution in [0.3, 0.4) is 0 Å². The maximum atomic E-state index is 13.0. The summed E-state index contributed by atoms with van der Waals surface area (Å²) < 4.78 is 5.47. The molecule has 0 aromatic heterocycles. The lowest BCUT2D eigenvalue weighted by Gasteiger charge is -2.27. The van der Waals surface area contributed by atoms with Crippen LogP contribution in [0.2, 0.25) is 0 Å². The zero-order chi connectivity index (χ0) is 21.1. The van der Waals surface area contributed by atoms with Crippen molar-refractivity contribution in [2.75, 3.05) is 11.5 Å². The highest BCUT2D eigenvalue weighted by molar-refractivity contribution is 6.39. The van der Waals surface area contributed by atoms with Crippen molar-refractivity contribution in [2.24, 2.45) is 0 Å². The fraction of sp³-hybridized carbons (Fsp3) is 0.143. The van der Waals surface area contributed by atoms with Gasteiger partial charge in [0.2, 0.25) is 0 Å². The van der Waals surface area contributed by atoms with Gasteiger partial charge in [0.25, 0.3) is 11.8 Å². The lowest BCUT2D eigenvalue weighted by atomic mass is 10.0. The summed E-state index contributed by atoms with van der Waals surface area (Å²) in [6.07, 6.45) is 1.23. The number of rotatable bonds is 5. The average molecular weight is 394 g/mol. The van der Waals surface area contributed by atoms with Gasteiger partial charge in [0.1, 0.15) is 11.3 Å². The highest BCUT2D eigenvalue weighted by Gasteiger charge is 2.37. The normalized spacial score (nSPS) is 15.4. The number of carbonyl (C=O) groups excluding carboxylic acids is 3. The smallest absolute Gasteiger partial charge is 0.335 e. The maximum absolute atomic E-state index is 13.0. The summed E-state index contributed by atoms with van der Waals surface area (Å²) in [5.41, 5.74) is 0.918. The van der Waals surface area contributed by atoms with Crippen LogP contribution in [0.5, 0.6) is 5.75 Å². The van der Waals surface area contributed by atoms with Gasteiger partial charge in [-0.2, -0.15) is 0 Å². The van der Waals surface area contributed by atoms with Crippen molar-refractivity contribution in [3.05, 3.63) is 64.7 Å². The number of aromatic carboxylic acids is 1. The van der Waals surface area contributed by atoms with Crippen molar-refractivity contribution in [3.8, 4) is 5.75 Å². The van der Waals surface area contributed by atoms with Crippen molar-refractivity contribution in [1.29, 1.82) is 0 Å². The van der Waals surface area contributed by atoms with Crippen LogP contribution in [-0.4, -0.2) is 35.5 Å². The van der Waals surface area contributed by atoms with Crippen molar-refractivity contribution in [3.63, 3.8) is 0 Å². The minimum atomic E-state index is -1.16. The molecule has 0 saturated carbocycles. The zero-order valence-electron chi connectivity index (χ0n) is 15.8. The van der Waals surface area contributed by atoms with Crippen LogP contribution in [-0.2, 0) is 9.59 Å². The molecule has 4 amide bonds. The van der Waals surface area contributed by atoms with Gasteiger partial charge in [-0.1, -0.05) is 18.2 Å². The van der Waals surface area contributed by atoms with E-state index in [0.29, 0.717) is 23.6 Å². The molecular formula is C21H18N2O6. The molecule has 1 aliphatic heterocycles. The monoisotopic (exact) mass is 394 g/mol. The second-order valence-electron chi connectivity index (χ2n) is 6.24. The SMILES string of the molecule is CCOc1ccc(C(=O)O)cc1C=C1C(=O)NC(=O)N(c2ccccc2C)C1=O. The molecule has 8 heteroatoms. The van der Waals surface area contributed by atoms with E-state index in [-0.39, 0.29) is 16.7 Å². The van der Waals surface area contributed by atoms with E-state index in [9.17, 15) is 24.3 Å². The van der Waals surface area contributed by atoms with Crippen LogP contribution in [0.1, 0.15) is 28.4 Å². The van der Waals surface area contributed by atoms with E-state index < -0.39 is 23.8 Å². The van der Waals surface area contributed by atoms with E-state index in [1.165, 1.54) is 24.3 Å². The molecule has 0 aliphatic carbocycles. The molecule has 2 N–H and O–H groups in total. The minimum absolute atomic E-state index is 0.0317. The fourth-order valence-corrected chi connectivity index (χ4v) is 2.93. The summed E-state index contributed by atoms with van der Waals surface area (Å²) in [5.74, 6) is -2.53. The number of anilines is 1. The Labute approximate surface area is 166 Å². The second-order valence-corrected chi connectivity index (χ2v) is 6.24. The lowest BCUT2D eigenvalue weighted by Crippen LogP contribution is -2.54. The first-order valence-electron chi connectivity index (χ1n) is 8.80. The number of carbonyl (C=O) groups is 4. The van der Waals surface area contributed by atoms with Crippen LogP contribution in [0, 0.1) is 6.92 Å². The molecule has 1 heterocycles. The number of nitrogens with zero attached hydrogens (tertiary/aromatic N) is 1. The Morgan fingerprint density at radius 2 is 1.90 bits per heavy atom. The number of amides is 4. The van der Waals surface area contributed by atoms with E-state index in [1.54, 1.807) is 38.1 Å². The standard InChI is InChI=1S/C21H18N2O6/c1-3-29-17-9-8-13(20(26)27)10-14(17)11-15-18(24)22-21(28)23(19(15)25)16-7-5-4-6-12(16)2/h4-11H,3H2,1-2H3,(H,26,27)(H,22,24,28). The predicted molar refractivity (Wildman–Crippen MR) is 105 cm³/mol. The minimum Gasteiger partial charge on any atom is -0.493 e. The van der Waals surface area contributed by atoms with Crippen molar-refractivity contribution >= 4 is 35.6 Å². The maximum Gasteiger partial charge on any atom is 0.335 e. The van der Waals surface area contributed by atoms with Crippen LogP contribution < -0.4 is 15.0 Å². The van der Waals surface area contributed by atoms with E-state index in [2.05, 4.69) is 5.32 Å². The summed E-state index contributed by atoms with van der Waals surface area (Å²) in [5, 5.41) is 11.4. The van der Waals surface area contributed by atoms with Crippen molar-refractivity contribution in [2.45, 2.75) is 13.8 Å². The number of urea groups is 1. The van der Waals surface area contributed by atoms with E-state index in [0.717, 1.165) is 4.90 Å². The molecule has 8 nitrogen and oxygen atoms in total. The third-order valence-electron chi connectivity index (χ3n) is 4.31. The Bertz CT molecular complexity index is 1060. The van der Waals surface area contributed by atoms with Gasteiger partial charge >= 0.3 is 12.0 Å². The molecule has 1 saturated heterocycles. The second kappa shape index (κ2) is 7.97. The van der Waals surface area contributed by atoms with Crippen LogP contribution >= 0.6 is 0 Å². The fourth-order valence-electron chi connectivity index (χ4n) is 2.93. The van der Waals surface area contributed by atoms with Gasteiger partial charge in [-0.15, -0.1) is 0 Å². The van der Waals surface area contributed by atoms with Crippen LogP contribution in [0.15, 0.2) is 48.0 Å². The molecule has 2 aromatic rings.